The van der Waals surface area contributed by atoms with Crippen molar-refractivity contribution >= 4 is 5.78 Å². The molecule has 0 aromatic heterocycles. The van der Waals surface area contributed by atoms with Crippen LogP contribution in [-0.2, 0) is 9.53 Å². The number of Topliss-reactive ketones (excluding diaryl/α,β-unsaturated/α-hetero) is 1. The van der Waals surface area contributed by atoms with Crippen molar-refractivity contribution in [2.45, 2.75) is 36.9 Å². The summed E-state index contributed by atoms with van der Waals surface area (Å²) in [4.78, 5) is 11.0. The van der Waals surface area contributed by atoms with E-state index in [-0.39, 0.29) is 0 Å². The van der Waals surface area contributed by atoms with E-state index in [4.69, 9.17) is 9.84 Å². The van der Waals surface area contributed by atoms with Gasteiger partial charge in [0.2, 0.25) is 0 Å². The number of carbonyl (C=O) groups is 1. The number of fused-ring (bicyclic) bond motifs is 1. The predicted octanol–water partition coefficient (Wildman–Crippen LogP) is -2.19. The molecule has 0 amide bonds. The van der Waals surface area contributed by atoms with Gasteiger partial charge in [-0.25, -0.2) is 0 Å². The highest BCUT2D eigenvalue weighted by Gasteiger charge is 2.72. The van der Waals surface area contributed by atoms with Gasteiger partial charge in [0.15, 0.2) is 11.4 Å². The van der Waals surface area contributed by atoms with Gasteiger partial charge in [-0.3, -0.25) is 4.79 Å². The van der Waals surface area contributed by atoms with E-state index < -0.39 is 35.8 Å². The smallest absolute Gasteiger partial charge is 0.195 e. The van der Waals surface area contributed by atoms with E-state index in [9.17, 15) is 15.0 Å². The monoisotopic (exact) mass is 174 g/mol. The van der Waals surface area contributed by atoms with Crippen molar-refractivity contribution in [3.63, 3.8) is 0 Å². The van der Waals surface area contributed by atoms with Crippen molar-refractivity contribution in [2.24, 2.45) is 0 Å². The zero-order chi connectivity index (χ0) is 9.09. The van der Waals surface area contributed by atoms with Crippen molar-refractivity contribution in [3.8, 4) is 0 Å². The first kappa shape index (κ1) is 8.12. The van der Waals surface area contributed by atoms with Gasteiger partial charge in [0.25, 0.3) is 0 Å². The van der Waals surface area contributed by atoms with E-state index in [0.717, 1.165) is 0 Å². The van der Waals surface area contributed by atoms with Crippen LogP contribution in [0.15, 0.2) is 0 Å². The first-order chi connectivity index (χ1) is 5.49. The van der Waals surface area contributed by atoms with Crippen molar-refractivity contribution in [2.75, 3.05) is 0 Å². The summed E-state index contributed by atoms with van der Waals surface area (Å²) in [7, 11) is 0. The van der Waals surface area contributed by atoms with Crippen LogP contribution < -0.4 is 0 Å². The minimum Gasteiger partial charge on any atom is -0.390 e. The normalized spacial score (nSPS) is 53.7. The van der Waals surface area contributed by atoms with E-state index in [0.29, 0.717) is 0 Å². The third kappa shape index (κ3) is 0.694. The second-order valence-corrected chi connectivity index (χ2v) is 3.35. The van der Waals surface area contributed by atoms with Gasteiger partial charge in [-0.2, -0.15) is 0 Å². The van der Waals surface area contributed by atoms with E-state index in [2.05, 4.69) is 0 Å². The SMILES string of the molecule is C[C@H](O)[C@@]1(O)[C@H](O)C(=O)[C@H]2O[C@H]21. The molecule has 0 bridgehead atoms. The van der Waals surface area contributed by atoms with Gasteiger partial charge < -0.3 is 20.1 Å². The van der Waals surface area contributed by atoms with Crippen LogP contribution >= 0.6 is 0 Å². The van der Waals surface area contributed by atoms with Crippen LogP contribution in [0.2, 0.25) is 0 Å². The molecule has 1 aliphatic heterocycles. The van der Waals surface area contributed by atoms with Gasteiger partial charge in [-0.15, -0.1) is 0 Å². The van der Waals surface area contributed by atoms with E-state index in [1.807, 2.05) is 0 Å². The molecule has 1 saturated carbocycles. The molecular formula is C7H10O5. The Labute approximate surface area is 68.6 Å². The van der Waals surface area contributed by atoms with Crippen LogP contribution in [-0.4, -0.2) is 51.1 Å². The molecule has 3 N–H and O–H groups in total. The molecule has 2 rings (SSSR count). The molecule has 2 aliphatic rings. The Kier molecular flexibility index (Phi) is 1.39. The van der Waals surface area contributed by atoms with E-state index >= 15 is 0 Å². The number of rotatable bonds is 1. The molecule has 5 atom stereocenters. The van der Waals surface area contributed by atoms with E-state index in [1.54, 1.807) is 0 Å². The summed E-state index contributed by atoms with van der Waals surface area (Å²) in [5.74, 6) is -0.539. The number of epoxide rings is 1. The lowest BCUT2D eigenvalue weighted by molar-refractivity contribution is -0.164. The topological polar surface area (TPSA) is 90.3 Å². The van der Waals surface area contributed by atoms with Gasteiger partial charge in [0, 0.05) is 0 Å². The maximum atomic E-state index is 11.0. The first-order valence-electron chi connectivity index (χ1n) is 3.77. The van der Waals surface area contributed by atoms with Crippen molar-refractivity contribution < 1.29 is 24.9 Å². The minimum absolute atomic E-state index is 0.539. The van der Waals surface area contributed by atoms with Gasteiger partial charge in [0.1, 0.15) is 18.3 Å². The number of hydrogen-bond acceptors (Lipinski definition) is 5. The zero-order valence-electron chi connectivity index (χ0n) is 6.47. The zero-order valence-corrected chi connectivity index (χ0v) is 6.47. The molecule has 0 radical (unpaired) electrons. The average Bonchev–Trinajstić information content (AvgIpc) is 2.74. The first-order valence-corrected chi connectivity index (χ1v) is 3.77. The highest BCUT2D eigenvalue weighted by Crippen LogP contribution is 2.45. The number of ketones is 1. The summed E-state index contributed by atoms with van der Waals surface area (Å²) in [6.07, 6.45) is -4.12. The summed E-state index contributed by atoms with van der Waals surface area (Å²) in [6, 6.07) is 0. The van der Waals surface area contributed by atoms with Crippen molar-refractivity contribution in [1.82, 2.24) is 0 Å². The fourth-order valence-electron chi connectivity index (χ4n) is 1.69. The standard InChI is InChI=1S/C7H10O5/c1-2(8)7(11)5(10)3(9)4-6(7)12-4/h2,4-6,8,10-11H,1H3/t2-,4+,5+,6+,7+/m0/s1. The van der Waals surface area contributed by atoms with Crippen molar-refractivity contribution in [3.05, 3.63) is 0 Å². The maximum absolute atomic E-state index is 11.0. The Bertz CT molecular complexity index is 238. The predicted molar refractivity (Wildman–Crippen MR) is 36.3 cm³/mol. The summed E-state index contributed by atoms with van der Waals surface area (Å²) in [5, 5.41) is 28.1. The van der Waals surface area contributed by atoms with Gasteiger partial charge in [-0.05, 0) is 6.92 Å². The number of ether oxygens (including phenoxy) is 1. The van der Waals surface area contributed by atoms with Crippen LogP contribution in [0.4, 0.5) is 0 Å². The second-order valence-electron chi connectivity index (χ2n) is 3.35. The fourth-order valence-corrected chi connectivity index (χ4v) is 1.69. The summed E-state index contributed by atoms with van der Waals surface area (Å²) in [6.45, 7) is 1.32. The molecule has 12 heavy (non-hydrogen) atoms. The van der Waals surface area contributed by atoms with E-state index in [1.165, 1.54) is 6.92 Å². The molecule has 5 heteroatoms. The van der Waals surface area contributed by atoms with Gasteiger partial charge in [0.05, 0.1) is 6.10 Å². The Hall–Kier alpha value is -0.490. The van der Waals surface area contributed by atoms with Crippen LogP contribution in [0.25, 0.3) is 0 Å². The quantitative estimate of drug-likeness (QED) is 0.393. The molecule has 1 saturated heterocycles. The summed E-state index contributed by atoms with van der Waals surface area (Å²) in [5.41, 5.74) is -1.80. The van der Waals surface area contributed by atoms with Gasteiger partial charge in [-0.1, -0.05) is 0 Å². The Balaban J connectivity index is 2.32. The van der Waals surface area contributed by atoms with Crippen LogP contribution in [0.3, 0.4) is 0 Å². The lowest BCUT2D eigenvalue weighted by atomic mass is 9.92. The molecule has 0 unspecified atom stereocenters. The fraction of sp³-hybridized carbons (Fsp3) is 0.857. The number of aliphatic hydroxyl groups excluding tert-OH is 2. The highest BCUT2D eigenvalue weighted by molar-refractivity contribution is 5.95. The lowest BCUT2D eigenvalue weighted by Gasteiger charge is -2.29. The van der Waals surface area contributed by atoms with Crippen LogP contribution in [0, 0.1) is 0 Å². The largest absolute Gasteiger partial charge is 0.390 e. The number of carbonyl (C=O) groups excluding carboxylic acids is 1. The molecule has 68 valence electrons. The van der Waals surface area contributed by atoms with Gasteiger partial charge >= 0.3 is 0 Å². The Morgan fingerprint density at radius 1 is 1.67 bits per heavy atom. The third-order valence-electron chi connectivity index (χ3n) is 2.60. The van der Waals surface area contributed by atoms with Crippen molar-refractivity contribution in [1.29, 1.82) is 0 Å². The molecule has 1 heterocycles. The molecule has 0 spiro atoms. The molecule has 5 nitrogen and oxygen atoms in total. The molecule has 1 aliphatic carbocycles. The molecular weight excluding hydrogens is 164 g/mol. The second kappa shape index (κ2) is 2.05. The summed E-state index contributed by atoms with van der Waals surface area (Å²) < 4.78 is 4.79. The molecule has 2 fully saturated rings. The number of aliphatic hydroxyl groups is 3. The number of hydrogen-bond donors (Lipinski definition) is 3. The Morgan fingerprint density at radius 2 is 2.25 bits per heavy atom. The third-order valence-corrected chi connectivity index (χ3v) is 2.60. The average molecular weight is 174 g/mol. The highest BCUT2D eigenvalue weighted by atomic mass is 16.6. The lowest BCUT2D eigenvalue weighted by Crippen LogP contribution is -2.54. The minimum atomic E-state index is -1.80. The van der Waals surface area contributed by atoms with Crippen LogP contribution in [0.5, 0.6) is 0 Å². The molecule has 0 aromatic carbocycles. The maximum Gasteiger partial charge on any atom is 0.195 e. The van der Waals surface area contributed by atoms with Crippen LogP contribution in [0.1, 0.15) is 6.92 Å². The summed E-state index contributed by atoms with van der Waals surface area (Å²) >= 11 is 0. The Morgan fingerprint density at radius 3 is 2.50 bits per heavy atom. The molecule has 0 aromatic rings.